The number of benzene rings is 1. The van der Waals surface area contributed by atoms with Crippen LogP contribution in [0.25, 0.3) is 0 Å². The van der Waals surface area contributed by atoms with Crippen molar-refractivity contribution in [1.82, 2.24) is 0 Å². The average Bonchev–Trinajstić information content (AvgIpc) is 2.18. The van der Waals surface area contributed by atoms with Crippen molar-refractivity contribution in [2.75, 3.05) is 0 Å². The van der Waals surface area contributed by atoms with Crippen LogP contribution in [0.1, 0.15) is 30.9 Å². The first kappa shape index (κ1) is 11.8. The van der Waals surface area contributed by atoms with E-state index in [1.807, 2.05) is 6.07 Å². The van der Waals surface area contributed by atoms with E-state index in [1.165, 1.54) is 0 Å². The molecule has 0 aliphatic carbocycles. The second kappa shape index (κ2) is 5.59. The molecule has 0 unspecified atom stereocenters. The van der Waals surface area contributed by atoms with Gasteiger partial charge >= 0.3 is 0 Å². The molecule has 14 heavy (non-hydrogen) atoms. The molecule has 0 heterocycles. The van der Waals surface area contributed by atoms with Crippen molar-refractivity contribution in [3.8, 4) is 0 Å². The molecule has 0 aromatic heterocycles. The molecular formula is C11H14Cl2O. The summed E-state index contributed by atoms with van der Waals surface area (Å²) in [5.41, 5.74) is 1.76. The second-order valence-electron chi connectivity index (χ2n) is 3.30. The van der Waals surface area contributed by atoms with E-state index in [0.717, 1.165) is 24.8 Å². The second-order valence-corrected chi connectivity index (χ2v) is 4.11. The van der Waals surface area contributed by atoms with Gasteiger partial charge in [0.2, 0.25) is 0 Å². The fraction of sp³-hybridized carbons (Fsp3) is 0.455. The first-order valence-corrected chi connectivity index (χ1v) is 5.52. The number of rotatable bonds is 4. The highest BCUT2D eigenvalue weighted by atomic mass is 35.5. The lowest BCUT2D eigenvalue weighted by atomic mass is 10.1. The Labute approximate surface area is 94.7 Å². The van der Waals surface area contributed by atoms with Gasteiger partial charge in [0.1, 0.15) is 0 Å². The Kier molecular flexibility index (Phi) is 4.73. The molecule has 1 aromatic rings. The van der Waals surface area contributed by atoms with E-state index >= 15 is 0 Å². The zero-order valence-electron chi connectivity index (χ0n) is 8.19. The molecule has 1 aromatic carbocycles. The van der Waals surface area contributed by atoms with Gasteiger partial charge in [0.25, 0.3) is 0 Å². The van der Waals surface area contributed by atoms with Crippen LogP contribution in [0, 0.1) is 0 Å². The van der Waals surface area contributed by atoms with Crippen molar-refractivity contribution in [2.45, 2.75) is 32.8 Å². The maximum Gasteiger partial charge on any atom is 0.0696 e. The van der Waals surface area contributed by atoms with Crippen LogP contribution in [0.3, 0.4) is 0 Å². The summed E-state index contributed by atoms with van der Waals surface area (Å²) in [7, 11) is 0. The van der Waals surface area contributed by atoms with Crippen molar-refractivity contribution < 1.29 is 5.11 Å². The Bertz CT molecular complexity index is 310. The molecule has 1 nitrogen and oxygen atoms in total. The predicted octanol–water partition coefficient (Wildman–Crippen LogP) is 3.83. The Morgan fingerprint density at radius 3 is 2.29 bits per heavy atom. The predicted molar refractivity (Wildman–Crippen MR) is 61.0 cm³/mol. The largest absolute Gasteiger partial charge is 0.392 e. The highest BCUT2D eigenvalue weighted by Gasteiger charge is 2.06. The molecule has 0 radical (unpaired) electrons. The van der Waals surface area contributed by atoms with E-state index in [0.29, 0.717) is 15.6 Å². The van der Waals surface area contributed by atoms with E-state index in [4.69, 9.17) is 28.3 Å². The Balaban J connectivity index is 2.90. The highest BCUT2D eigenvalue weighted by Crippen LogP contribution is 2.26. The minimum Gasteiger partial charge on any atom is -0.392 e. The van der Waals surface area contributed by atoms with Crippen LogP contribution < -0.4 is 0 Å². The summed E-state index contributed by atoms with van der Waals surface area (Å²) in [5.74, 6) is 0. The number of unbranched alkanes of at least 4 members (excludes halogenated alkanes) is 1. The van der Waals surface area contributed by atoms with Gasteiger partial charge in [-0.2, -0.15) is 0 Å². The Morgan fingerprint density at radius 1 is 1.14 bits per heavy atom. The first-order valence-electron chi connectivity index (χ1n) is 4.76. The first-order chi connectivity index (χ1) is 6.69. The molecule has 0 saturated carbocycles. The lowest BCUT2D eigenvalue weighted by Crippen LogP contribution is -1.91. The van der Waals surface area contributed by atoms with Gasteiger partial charge in [0.05, 0.1) is 6.61 Å². The summed E-state index contributed by atoms with van der Waals surface area (Å²) in [4.78, 5) is 0. The van der Waals surface area contributed by atoms with E-state index in [-0.39, 0.29) is 6.61 Å². The number of hydrogen-bond donors (Lipinski definition) is 1. The van der Waals surface area contributed by atoms with Crippen LogP contribution in [0.5, 0.6) is 0 Å². The summed E-state index contributed by atoms with van der Waals surface area (Å²) < 4.78 is 0. The standard InChI is InChI=1S/C11H14Cl2O/c1-2-3-4-8-5-11(13)9(7-14)6-10(8)12/h5-6,14H,2-4,7H2,1H3. The lowest BCUT2D eigenvalue weighted by molar-refractivity contribution is 0.282. The van der Waals surface area contributed by atoms with E-state index in [2.05, 4.69) is 6.92 Å². The quantitative estimate of drug-likeness (QED) is 0.837. The van der Waals surface area contributed by atoms with Gasteiger partial charge in [0, 0.05) is 10.0 Å². The topological polar surface area (TPSA) is 20.2 Å². The highest BCUT2D eigenvalue weighted by molar-refractivity contribution is 6.34. The number of aryl methyl sites for hydroxylation is 1. The lowest BCUT2D eigenvalue weighted by Gasteiger charge is -2.07. The maximum atomic E-state index is 8.97. The third-order valence-corrected chi connectivity index (χ3v) is 2.89. The molecule has 3 heteroatoms. The smallest absolute Gasteiger partial charge is 0.0696 e. The van der Waals surface area contributed by atoms with Gasteiger partial charge in [-0.25, -0.2) is 0 Å². The zero-order chi connectivity index (χ0) is 10.6. The third kappa shape index (κ3) is 2.88. The minimum atomic E-state index is -0.0629. The monoisotopic (exact) mass is 232 g/mol. The van der Waals surface area contributed by atoms with Crippen LogP contribution in [0.15, 0.2) is 12.1 Å². The van der Waals surface area contributed by atoms with Crippen molar-refractivity contribution in [2.24, 2.45) is 0 Å². The van der Waals surface area contributed by atoms with Crippen molar-refractivity contribution in [3.05, 3.63) is 33.3 Å². The molecule has 1 N–H and O–H groups in total. The van der Waals surface area contributed by atoms with Crippen molar-refractivity contribution in [3.63, 3.8) is 0 Å². The van der Waals surface area contributed by atoms with Crippen molar-refractivity contribution >= 4 is 23.2 Å². The molecule has 0 saturated heterocycles. The molecule has 0 aliphatic heterocycles. The number of aliphatic hydroxyl groups excluding tert-OH is 1. The number of aliphatic hydroxyl groups is 1. The molecule has 1 rings (SSSR count). The van der Waals surface area contributed by atoms with Gasteiger partial charge in [-0.15, -0.1) is 0 Å². The molecule has 0 aliphatic rings. The van der Waals surface area contributed by atoms with Gasteiger partial charge < -0.3 is 5.11 Å². The summed E-state index contributed by atoms with van der Waals surface area (Å²) in [6.07, 6.45) is 3.19. The van der Waals surface area contributed by atoms with E-state index < -0.39 is 0 Å². The number of hydrogen-bond acceptors (Lipinski definition) is 1. The van der Waals surface area contributed by atoms with Crippen LogP contribution in [-0.4, -0.2) is 5.11 Å². The maximum absolute atomic E-state index is 8.97. The SMILES string of the molecule is CCCCc1cc(Cl)c(CO)cc1Cl. The molecule has 0 atom stereocenters. The number of halogens is 2. The zero-order valence-corrected chi connectivity index (χ0v) is 9.70. The summed E-state index contributed by atoms with van der Waals surface area (Å²) in [5, 5.41) is 10.3. The molecule has 0 spiro atoms. The van der Waals surface area contributed by atoms with Crippen LogP contribution in [0.2, 0.25) is 10.0 Å². The fourth-order valence-corrected chi connectivity index (χ4v) is 1.84. The molecule has 0 fully saturated rings. The molecule has 78 valence electrons. The van der Waals surface area contributed by atoms with Crippen molar-refractivity contribution in [1.29, 1.82) is 0 Å². The van der Waals surface area contributed by atoms with Crippen LogP contribution in [-0.2, 0) is 13.0 Å². The molecular weight excluding hydrogens is 219 g/mol. The third-order valence-electron chi connectivity index (χ3n) is 2.19. The Hall–Kier alpha value is -0.240. The Morgan fingerprint density at radius 2 is 1.71 bits per heavy atom. The average molecular weight is 233 g/mol. The van der Waals surface area contributed by atoms with Gasteiger partial charge in [0.15, 0.2) is 0 Å². The van der Waals surface area contributed by atoms with Gasteiger partial charge in [-0.3, -0.25) is 0 Å². The minimum absolute atomic E-state index is 0.0629. The van der Waals surface area contributed by atoms with Gasteiger partial charge in [-0.1, -0.05) is 36.5 Å². The normalized spacial score (nSPS) is 10.6. The van der Waals surface area contributed by atoms with Crippen LogP contribution >= 0.6 is 23.2 Å². The van der Waals surface area contributed by atoms with E-state index in [9.17, 15) is 0 Å². The summed E-state index contributed by atoms with van der Waals surface area (Å²) in [6, 6.07) is 3.60. The molecule has 0 bridgehead atoms. The molecule has 0 amide bonds. The van der Waals surface area contributed by atoms with Gasteiger partial charge in [-0.05, 0) is 36.1 Å². The fourth-order valence-electron chi connectivity index (χ4n) is 1.31. The summed E-state index contributed by atoms with van der Waals surface area (Å²) in [6.45, 7) is 2.07. The summed E-state index contributed by atoms with van der Waals surface area (Å²) >= 11 is 12.0. The van der Waals surface area contributed by atoms with Crippen LogP contribution in [0.4, 0.5) is 0 Å². The van der Waals surface area contributed by atoms with E-state index in [1.54, 1.807) is 6.07 Å².